The molecule has 1 fully saturated rings. The lowest BCUT2D eigenvalue weighted by molar-refractivity contribution is 0.101. The predicted molar refractivity (Wildman–Crippen MR) is 74.1 cm³/mol. The van der Waals surface area contributed by atoms with E-state index in [0.717, 1.165) is 11.4 Å². The zero-order valence-corrected chi connectivity index (χ0v) is 10.8. The molecule has 1 saturated carbocycles. The molecule has 1 aromatic carbocycles. The maximum Gasteiger partial charge on any atom is 0.161 e. The summed E-state index contributed by atoms with van der Waals surface area (Å²) in [6, 6.07) is 9.85. The minimum absolute atomic E-state index is 0.0501. The van der Waals surface area contributed by atoms with Gasteiger partial charge >= 0.3 is 0 Å². The minimum Gasteiger partial charge on any atom is -0.367 e. The highest BCUT2D eigenvalue weighted by atomic mass is 16.1. The largest absolute Gasteiger partial charge is 0.367 e. The van der Waals surface area contributed by atoms with Gasteiger partial charge in [-0.15, -0.1) is 0 Å². The number of rotatable bonds is 4. The number of anilines is 1. The quantitative estimate of drug-likeness (QED) is 0.851. The molecule has 96 valence electrons. The average Bonchev–Trinajstić information content (AvgIpc) is 3.23. The molecule has 0 spiro atoms. The number of benzene rings is 1. The molecule has 1 N–H and O–H groups in total. The zero-order chi connectivity index (χ0) is 13.2. The van der Waals surface area contributed by atoms with Crippen molar-refractivity contribution in [2.45, 2.75) is 25.8 Å². The number of nitrogens with one attached hydrogen (secondary N) is 1. The van der Waals surface area contributed by atoms with Gasteiger partial charge in [-0.05, 0) is 31.9 Å². The van der Waals surface area contributed by atoms with Crippen LogP contribution in [-0.4, -0.2) is 21.8 Å². The fraction of sp³-hybridized carbons (Fsp3) is 0.267. The maximum absolute atomic E-state index is 11.4. The molecule has 4 nitrogen and oxygen atoms in total. The van der Waals surface area contributed by atoms with E-state index in [2.05, 4.69) is 15.3 Å². The van der Waals surface area contributed by atoms with Gasteiger partial charge in [-0.3, -0.25) is 4.79 Å². The van der Waals surface area contributed by atoms with Crippen LogP contribution in [0, 0.1) is 0 Å². The summed E-state index contributed by atoms with van der Waals surface area (Å²) in [7, 11) is 0. The molecule has 3 rings (SSSR count). The van der Waals surface area contributed by atoms with Crippen molar-refractivity contribution in [1.29, 1.82) is 0 Å². The molecule has 1 aliphatic rings. The van der Waals surface area contributed by atoms with Crippen LogP contribution in [0.25, 0.3) is 11.4 Å². The number of hydrogen-bond acceptors (Lipinski definition) is 4. The van der Waals surface area contributed by atoms with Gasteiger partial charge in [0.1, 0.15) is 5.82 Å². The van der Waals surface area contributed by atoms with Crippen LogP contribution in [0.5, 0.6) is 0 Å². The van der Waals surface area contributed by atoms with Crippen LogP contribution < -0.4 is 5.32 Å². The van der Waals surface area contributed by atoms with Gasteiger partial charge in [0, 0.05) is 23.4 Å². The summed E-state index contributed by atoms with van der Waals surface area (Å²) in [6.07, 6.45) is 4.16. The van der Waals surface area contributed by atoms with Gasteiger partial charge in [-0.25, -0.2) is 9.97 Å². The normalized spacial score (nSPS) is 14.2. The third-order valence-electron chi connectivity index (χ3n) is 3.11. The summed E-state index contributed by atoms with van der Waals surface area (Å²) in [6.45, 7) is 1.56. The smallest absolute Gasteiger partial charge is 0.161 e. The van der Waals surface area contributed by atoms with Gasteiger partial charge in [0.2, 0.25) is 0 Å². The Kier molecular flexibility index (Phi) is 2.99. The van der Waals surface area contributed by atoms with Crippen molar-refractivity contribution in [3.05, 3.63) is 42.1 Å². The maximum atomic E-state index is 11.4. The van der Waals surface area contributed by atoms with Crippen molar-refractivity contribution in [3.63, 3.8) is 0 Å². The molecular weight excluding hydrogens is 238 g/mol. The Balaban J connectivity index is 1.91. The van der Waals surface area contributed by atoms with Crippen LogP contribution >= 0.6 is 0 Å². The molecule has 0 radical (unpaired) electrons. The zero-order valence-electron chi connectivity index (χ0n) is 10.8. The molecule has 1 aromatic heterocycles. The van der Waals surface area contributed by atoms with Gasteiger partial charge in [0.05, 0.1) is 0 Å². The second-order valence-electron chi connectivity index (χ2n) is 4.82. The van der Waals surface area contributed by atoms with Crippen molar-refractivity contribution < 1.29 is 4.79 Å². The Hall–Kier alpha value is -2.23. The van der Waals surface area contributed by atoms with Gasteiger partial charge < -0.3 is 5.32 Å². The van der Waals surface area contributed by atoms with Gasteiger partial charge in [-0.1, -0.05) is 18.2 Å². The van der Waals surface area contributed by atoms with Crippen molar-refractivity contribution in [1.82, 2.24) is 9.97 Å². The fourth-order valence-corrected chi connectivity index (χ4v) is 1.89. The van der Waals surface area contributed by atoms with Crippen molar-refractivity contribution in [2.75, 3.05) is 5.32 Å². The summed E-state index contributed by atoms with van der Waals surface area (Å²) in [4.78, 5) is 20.2. The number of hydrogen-bond donors (Lipinski definition) is 1. The van der Waals surface area contributed by atoms with Crippen LogP contribution in [0.3, 0.4) is 0 Å². The summed E-state index contributed by atoms with van der Waals surface area (Å²) >= 11 is 0. The molecule has 19 heavy (non-hydrogen) atoms. The van der Waals surface area contributed by atoms with Crippen LogP contribution in [0.4, 0.5) is 5.82 Å². The first-order valence-electron chi connectivity index (χ1n) is 6.43. The lowest BCUT2D eigenvalue weighted by Crippen LogP contribution is -2.04. The Bertz CT molecular complexity index is 620. The molecule has 0 unspecified atom stereocenters. The van der Waals surface area contributed by atoms with E-state index in [1.807, 2.05) is 24.3 Å². The van der Waals surface area contributed by atoms with E-state index in [1.165, 1.54) is 12.8 Å². The number of aromatic nitrogens is 2. The molecule has 4 heteroatoms. The number of nitrogens with zero attached hydrogens (tertiary/aromatic N) is 2. The van der Waals surface area contributed by atoms with E-state index in [4.69, 9.17) is 0 Å². The van der Waals surface area contributed by atoms with Crippen LogP contribution in [-0.2, 0) is 0 Å². The standard InChI is InChI=1S/C15H15N3O/c1-10(19)11-3-2-4-12(9-11)15-16-8-7-14(18-15)17-13-5-6-13/h2-4,7-9,13H,5-6H2,1H3,(H,16,17,18). The van der Waals surface area contributed by atoms with Crippen molar-refractivity contribution in [3.8, 4) is 11.4 Å². The number of ketones is 1. The molecule has 1 heterocycles. The first-order valence-corrected chi connectivity index (χ1v) is 6.43. The second kappa shape index (κ2) is 4.80. The molecular formula is C15H15N3O. The third kappa shape index (κ3) is 2.78. The summed E-state index contributed by atoms with van der Waals surface area (Å²) in [5.74, 6) is 1.54. The molecule has 0 bridgehead atoms. The predicted octanol–water partition coefficient (Wildman–Crippen LogP) is 2.92. The van der Waals surface area contributed by atoms with Crippen LogP contribution in [0.15, 0.2) is 36.5 Å². The molecule has 1 aliphatic carbocycles. The van der Waals surface area contributed by atoms with E-state index >= 15 is 0 Å². The molecule has 0 atom stereocenters. The average molecular weight is 253 g/mol. The summed E-state index contributed by atoms with van der Waals surface area (Å²) in [5.41, 5.74) is 1.55. The van der Waals surface area contributed by atoms with Crippen molar-refractivity contribution >= 4 is 11.6 Å². The second-order valence-corrected chi connectivity index (χ2v) is 4.82. The topological polar surface area (TPSA) is 54.9 Å². The third-order valence-corrected chi connectivity index (χ3v) is 3.11. The van der Waals surface area contributed by atoms with Gasteiger partial charge in [-0.2, -0.15) is 0 Å². The lowest BCUT2D eigenvalue weighted by atomic mass is 10.1. The number of carbonyl (C=O) groups excluding carboxylic acids is 1. The van der Waals surface area contributed by atoms with E-state index < -0.39 is 0 Å². The monoisotopic (exact) mass is 253 g/mol. The van der Waals surface area contributed by atoms with Crippen LogP contribution in [0.2, 0.25) is 0 Å². The highest BCUT2D eigenvalue weighted by molar-refractivity contribution is 5.95. The highest BCUT2D eigenvalue weighted by Crippen LogP contribution is 2.24. The van der Waals surface area contributed by atoms with E-state index in [0.29, 0.717) is 17.4 Å². The molecule has 0 saturated heterocycles. The first kappa shape index (κ1) is 11.8. The first-order chi connectivity index (χ1) is 9.22. The van der Waals surface area contributed by atoms with E-state index in [-0.39, 0.29) is 5.78 Å². The van der Waals surface area contributed by atoms with Crippen molar-refractivity contribution in [2.24, 2.45) is 0 Å². The number of carbonyl (C=O) groups is 1. The van der Waals surface area contributed by atoms with Crippen LogP contribution in [0.1, 0.15) is 30.1 Å². The SMILES string of the molecule is CC(=O)c1cccc(-c2nccc(NC3CC3)n2)c1. The molecule has 0 aliphatic heterocycles. The molecule has 2 aromatic rings. The Labute approximate surface area is 111 Å². The Morgan fingerprint density at radius 2 is 2.16 bits per heavy atom. The van der Waals surface area contributed by atoms with E-state index in [9.17, 15) is 4.79 Å². The van der Waals surface area contributed by atoms with Gasteiger partial charge in [0.25, 0.3) is 0 Å². The molecule has 0 amide bonds. The Morgan fingerprint density at radius 1 is 1.32 bits per heavy atom. The number of Topliss-reactive ketones (excluding diaryl/α,β-unsaturated/α-hetero) is 1. The lowest BCUT2D eigenvalue weighted by Gasteiger charge is -2.06. The Morgan fingerprint density at radius 3 is 2.89 bits per heavy atom. The van der Waals surface area contributed by atoms with E-state index in [1.54, 1.807) is 19.2 Å². The summed E-state index contributed by atoms with van der Waals surface area (Å²) < 4.78 is 0. The highest BCUT2D eigenvalue weighted by Gasteiger charge is 2.21. The fourth-order valence-electron chi connectivity index (χ4n) is 1.89. The summed E-state index contributed by atoms with van der Waals surface area (Å²) in [5, 5.41) is 3.35. The minimum atomic E-state index is 0.0501. The van der Waals surface area contributed by atoms with Gasteiger partial charge in [0.15, 0.2) is 11.6 Å².